The number of H-pyrrole nitrogens is 1. The Kier molecular flexibility index (Phi) is 7.63. The second kappa shape index (κ2) is 9.94. The zero-order chi connectivity index (χ0) is 21.4. The van der Waals surface area contributed by atoms with Crippen LogP contribution in [0.25, 0.3) is 0 Å². The third-order valence-electron chi connectivity index (χ3n) is 4.28. The van der Waals surface area contributed by atoms with Crippen molar-refractivity contribution in [1.29, 1.82) is 0 Å². The van der Waals surface area contributed by atoms with Crippen molar-refractivity contribution in [3.05, 3.63) is 48.0 Å². The molecule has 1 aromatic heterocycles. The number of carboxylic acid groups (broad SMARTS) is 1. The van der Waals surface area contributed by atoms with Crippen LogP contribution in [-0.4, -0.2) is 51.2 Å². The number of aromatic amines is 1. The van der Waals surface area contributed by atoms with Crippen molar-refractivity contribution in [2.45, 2.75) is 38.4 Å². The van der Waals surface area contributed by atoms with Gasteiger partial charge in [0.15, 0.2) is 6.61 Å². The second-order valence-electron chi connectivity index (χ2n) is 6.31. The number of halogens is 3. The number of hydrogen-bond acceptors (Lipinski definition) is 4. The van der Waals surface area contributed by atoms with Crippen LogP contribution < -0.4 is 4.74 Å². The summed E-state index contributed by atoms with van der Waals surface area (Å²) in [4.78, 5) is 31.0. The number of aliphatic carboxylic acids is 1. The van der Waals surface area contributed by atoms with Crippen LogP contribution in [0.2, 0.25) is 0 Å². The maximum Gasteiger partial charge on any atom is 0.490 e. The third kappa shape index (κ3) is 6.23. The average Bonchev–Trinajstić information content (AvgIpc) is 3.16. The Bertz CT molecular complexity index is 809. The monoisotopic (exact) mass is 413 g/mol. The van der Waals surface area contributed by atoms with Crippen LogP contribution in [0.3, 0.4) is 0 Å². The highest BCUT2D eigenvalue weighted by atomic mass is 19.4. The molecule has 3 rings (SSSR count). The summed E-state index contributed by atoms with van der Waals surface area (Å²) in [5.74, 6) is -2.01. The summed E-state index contributed by atoms with van der Waals surface area (Å²) in [5.41, 5.74) is 2.17. The normalized spacial score (nSPS) is 15.7. The number of carboxylic acids is 1. The van der Waals surface area contributed by atoms with Crippen molar-refractivity contribution in [2.75, 3.05) is 13.2 Å². The van der Waals surface area contributed by atoms with Crippen LogP contribution in [0.15, 0.2) is 36.7 Å². The minimum atomic E-state index is -5.08. The van der Waals surface area contributed by atoms with E-state index in [9.17, 15) is 18.0 Å². The molecule has 0 aliphatic carbocycles. The highest BCUT2D eigenvalue weighted by Gasteiger charge is 2.38. The Balaban J connectivity index is 0.000000370. The largest absolute Gasteiger partial charge is 0.490 e. The molecule has 7 nitrogen and oxygen atoms in total. The van der Waals surface area contributed by atoms with Crippen molar-refractivity contribution in [3.8, 4) is 5.75 Å². The van der Waals surface area contributed by atoms with Gasteiger partial charge in [0.2, 0.25) is 0 Å². The summed E-state index contributed by atoms with van der Waals surface area (Å²) in [5, 5.41) is 7.12. The number of amides is 1. The minimum absolute atomic E-state index is 0.0240. The molecule has 1 aliphatic heterocycles. The van der Waals surface area contributed by atoms with E-state index in [2.05, 4.69) is 16.9 Å². The third-order valence-corrected chi connectivity index (χ3v) is 4.28. The summed E-state index contributed by atoms with van der Waals surface area (Å²) in [7, 11) is 0. The first-order valence-corrected chi connectivity index (χ1v) is 9.03. The fraction of sp³-hybridized carbons (Fsp3) is 0.421. The van der Waals surface area contributed by atoms with E-state index in [-0.39, 0.29) is 18.6 Å². The zero-order valence-corrected chi connectivity index (χ0v) is 15.8. The van der Waals surface area contributed by atoms with Gasteiger partial charge in [-0.3, -0.25) is 4.79 Å². The van der Waals surface area contributed by atoms with Gasteiger partial charge >= 0.3 is 12.1 Å². The maximum atomic E-state index is 12.6. The number of nitrogens with one attached hydrogen (secondary N) is 1. The van der Waals surface area contributed by atoms with Crippen LogP contribution >= 0.6 is 0 Å². The summed E-state index contributed by atoms with van der Waals surface area (Å²) in [6.07, 6.45) is -0.594. The molecule has 1 aromatic carbocycles. The summed E-state index contributed by atoms with van der Waals surface area (Å²) >= 11 is 0. The van der Waals surface area contributed by atoms with Crippen molar-refractivity contribution in [3.63, 3.8) is 0 Å². The fourth-order valence-corrected chi connectivity index (χ4v) is 2.96. The van der Waals surface area contributed by atoms with Crippen LogP contribution in [0.4, 0.5) is 13.2 Å². The van der Waals surface area contributed by atoms with Crippen LogP contribution in [-0.2, 0) is 16.0 Å². The molecule has 2 aromatic rings. The van der Waals surface area contributed by atoms with Gasteiger partial charge in [0.1, 0.15) is 5.75 Å². The standard InChI is InChI=1S/C17H21N3O2.C2HF3O2/c1-2-6-15-17-14(18-12-19-17)9-10-20(15)16(21)11-22-13-7-4-3-5-8-13;3-2(4,5)1(6)7/h3-5,7-8,12,15H,2,6,9-11H2,1H3,(H,18,19);(H,6,7). The number of nitrogens with zero attached hydrogens (tertiary/aromatic N) is 2. The first-order chi connectivity index (χ1) is 13.7. The van der Waals surface area contributed by atoms with Gasteiger partial charge in [-0.1, -0.05) is 31.5 Å². The van der Waals surface area contributed by atoms with Crippen LogP contribution in [0.5, 0.6) is 5.75 Å². The van der Waals surface area contributed by atoms with Gasteiger partial charge < -0.3 is 19.7 Å². The highest BCUT2D eigenvalue weighted by molar-refractivity contribution is 5.78. The number of imidazole rings is 1. The molecule has 0 saturated carbocycles. The highest BCUT2D eigenvalue weighted by Crippen LogP contribution is 2.31. The van der Waals surface area contributed by atoms with Crippen molar-refractivity contribution in [2.24, 2.45) is 0 Å². The van der Waals surface area contributed by atoms with E-state index in [0.29, 0.717) is 0 Å². The molecule has 1 aliphatic rings. The molecule has 10 heteroatoms. The lowest BCUT2D eigenvalue weighted by molar-refractivity contribution is -0.192. The number of para-hydroxylation sites is 1. The Labute approximate surface area is 165 Å². The molecule has 0 bridgehead atoms. The molecule has 1 atom stereocenters. The number of fused-ring (bicyclic) bond motifs is 1. The SMILES string of the molecule is CCCC1c2nc[nH]c2CCN1C(=O)COc1ccccc1.O=C(O)C(F)(F)F. The Morgan fingerprint density at radius 1 is 1.31 bits per heavy atom. The summed E-state index contributed by atoms with van der Waals surface area (Å²) in [6, 6.07) is 9.51. The number of hydrogen-bond donors (Lipinski definition) is 2. The van der Waals surface area contributed by atoms with Gasteiger partial charge in [0.05, 0.1) is 18.1 Å². The van der Waals surface area contributed by atoms with Gasteiger partial charge in [-0.2, -0.15) is 13.2 Å². The number of ether oxygens (including phenoxy) is 1. The lowest BCUT2D eigenvalue weighted by atomic mass is 9.99. The van der Waals surface area contributed by atoms with E-state index >= 15 is 0 Å². The number of aromatic nitrogens is 2. The predicted octanol–water partition coefficient (Wildman–Crippen LogP) is 3.35. The molecular formula is C19H22F3N3O4. The number of carbonyl (C=O) groups excluding carboxylic acids is 1. The maximum absolute atomic E-state index is 12.6. The molecule has 1 unspecified atom stereocenters. The smallest absolute Gasteiger partial charge is 0.484 e. The van der Waals surface area contributed by atoms with E-state index < -0.39 is 12.1 Å². The number of rotatable bonds is 5. The van der Waals surface area contributed by atoms with E-state index in [1.807, 2.05) is 35.2 Å². The van der Waals surface area contributed by atoms with Crippen LogP contribution in [0.1, 0.15) is 37.2 Å². The Hall–Kier alpha value is -3.04. The van der Waals surface area contributed by atoms with Crippen molar-refractivity contribution >= 4 is 11.9 Å². The number of benzene rings is 1. The van der Waals surface area contributed by atoms with Crippen molar-refractivity contribution in [1.82, 2.24) is 14.9 Å². The molecule has 29 heavy (non-hydrogen) atoms. The lowest BCUT2D eigenvalue weighted by Gasteiger charge is -2.34. The van der Waals surface area contributed by atoms with Crippen molar-refractivity contribution < 1.29 is 32.6 Å². The van der Waals surface area contributed by atoms with Gasteiger partial charge in [-0.15, -0.1) is 0 Å². The molecule has 0 saturated heterocycles. The number of carbonyl (C=O) groups is 2. The molecule has 2 heterocycles. The molecule has 0 fully saturated rings. The van der Waals surface area contributed by atoms with E-state index in [0.717, 1.165) is 42.9 Å². The topological polar surface area (TPSA) is 95.5 Å². The molecule has 1 amide bonds. The first-order valence-electron chi connectivity index (χ1n) is 9.03. The van der Waals surface area contributed by atoms with Gasteiger partial charge in [0.25, 0.3) is 5.91 Å². The second-order valence-corrected chi connectivity index (χ2v) is 6.31. The summed E-state index contributed by atoms with van der Waals surface area (Å²) < 4.78 is 37.3. The predicted molar refractivity (Wildman–Crippen MR) is 97.3 cm³/mol. The molecular weight excluding hydrogens is 391 g/mol. The molecule has 2 N–H and O–H groups in total. The van der Waals surface area contributed by atoms with Crippen LogP contribution in [0, 0.1) is 0 Å². The van der Waals surface area contributed by atoms with Gasteiger partial charge in [-0.05, 0) is 18.6 Å². The summed E-state index contributed by atoms with van der Waals surface area (Å²) in [6.45, 7) is 2.92. The van der Waals surface area contributed by atoms with E-state index in [1.165, 1.54) is 0 Å². The Morgan fingerprint density at radius 3 is 2.55 bits per heavy atom. The molecule has 0 radical (unpaired) electrons. The average molecular weight is 413 g/mol. The van der Waals surface area contributed by atoms with Gasteiger partial charge in [-0.25, -0.2) is 9.78 Å². The van der Waals surface area contributed by atoms with E-state index in [1.54, 1.807) is 6.33 Å². The minimum Gasteiger partial charge on any atom is -0.484 e. The number of alkyl halides is 3. The Morgan fingerprint density at radius 2 is 1.97 bits per heavy atom. The fourth-order valence-electron chi connectivity index (χ4n) is 2.96. The molecule has 158 valence electrons. The first kappa shape index (κ1) is 22.3. The van der Waals surface area contributed by atoms with E-state index in [4.69, 9.17) is 14.6 Å². The molecule has 0 spiro atoms. The lowest BCUT2D eigenvalue weighted by Crippen LogP contribution is -2.42. The zero-order valence-electron chi connectivity index (χ0n) is 15.8. The quantitative estimate of drug-likeness (QED) is 0.784. The van der Waals surface area contributed by atoms with Gasteiger partial charge in [0, 0.05) is 18.7 Å².